The summed E-state index contributed by atoms with van der Waals surface area (Å²) in [6, 6.07) is 7.78. The minimum atomic E-state index is -0.0552. The Morgan fingerprint density at radius 2 is 1.76 bits per heavy atom. The summed E-state index contributed by atoms with van der Waals surface area (Å²) >= 11 is 0. The highest BCUT2D eigenvalue weighted by Gasteiger charge is 2.23. The van der Waals surface area contributed by atoms with Crippen molar-refractivity contribution in [3.05, 3.63) is 35.4 Å². The molecule has 3 nitrogen and oxygen atoms in total. The minimum Gasteiger partial charge on any atom is -0.396 e. The van der Waals surface area contributed by atoms with Gasteiger partial charge in [0, 0.05) is 18.7 Å². The van der Waals surface area contributed by atoms with E-state index < -0.39 is 0 Å². The minimum absolute atomic E-state index is 0.00489. The molecular formula is C18H29NO2. The number of carbonyl (C=O) groups is 1. The lowest BCUT2D eigenvalue weighted by molar-refractivity contribution is 0.0930. The SMILES string of the molecule is CC(C)(CCCO)CNC(=O)c1ccccc1C(C)(C)C. The molecule has 0 fully saturated rings. The second kappa shape index (κ2) is 7.08. The molecule has 0 aliphatic heterocycles. The average Bonchev–Trinajstić information content (AvgIpc) is 2.42. The molecule has 1 amide bonds. The average molecular weight is 291 g/mol. The summed E-state index contributed by atoms with van der Waals surface area (Å²) in [5.74, 6) is -0.0161. The highest BCUT2D eigenvalue weighted by atomic mass is 16.2. The van der Waals surface area contributed by atoms with Crippen molar-refractivity contribution in [1.82, 2.24) is 5.32 Å². The van der Waals surface area contributed by atoms with Crippen molar-refractivity contribution in [2.75, 3.05) is 13.2 Å². The van der Waals surface area contributed by atoms with E-state index in [4.69, 9.17) is 5.11 Å². The summed E-state index contributed by atoms with van der Waals surface area (Å²) in [5.41, 5.74) is 1.76. The van der Waals surface area contributed by atoms with E-state index in [-0.39, 0.29) is 23.3 Å². The maximum absolute atomic E-state index is 12.5. The Labute approximate surface area is 128 Å². The van der Waals surface area contributed by atoms with Gasteiger partial charge in [0.2, 0.25) is 0 Å². The van der Waals surface area contributed by atoms with Crippen molar-refractivity contribution in [3.63, 3.8) is 0 Å². The second-order valence-corrected chi connectivity index (χ2v) is 7.47. The molecule has 0 aromatic heterocycles. The number of hydrogen-bond acceptors (Lipinski definition) is 2. The number of hydrogen-bond donors (Lipinski definition) is 2. The summed E-state index contributed by atoms with van der Waals surface area (Å²) in [5, 5.41) is 12.0. The fourth-order valence-corrected chi connectivity index (χ4v) is 2.40. The number of aliphatic hydroxyl groups is 1. The van der Waals surface area contributed by atoms with Crippen molar-refractivity contribution < 1.29 is 9.90 Å². The van der Waals surface area contributed by atoms with Gasteiger partial charge in [-0.25, -0.2) is 0 Å². The first-order valence-corrected chi connectivity index (χ1v) is 7.66. The first kappa shape index (κ1) is 17.7. The van der Waals surface area contributed by atoms with Crippen molar-refractivity contribution in [2.24, 2.45) is 5.41 Å². The highest BCUT2D eigenvalue weighted by molar-refractivity contribution is 5.96. The molecule has 3 heteroatoms. The molecule has 1 aromatic carbocycles. The molecule has 0 aliphatic rings. The number of amides is 1. The number of nitrogens with one attached hydrogen (secondary N) is 1. The van der Waals surface area contributed by atoms with Gasteiger partial charge in [0.1, 0.15) is 0 Å². The van der Waals surface area contributed by atoms with Crippen LogP contribution in [0.2, 0.25) is 0 Å². The van der Waals surface area contributed by atoms with Gasteiger partial charge in [-0.3, -0.25) is 4.79 Å². The molecule has 0 saturated carbocycles. The smallest absolute Gasteiger partial charge is 0.251 e. The monoisotopic (exact) mass is 291 g/mol. The third-order valence-corrected chi connectivity index (χ3v) is 3.72. The molecule has 0 bridgehead atoms. The van der Waals surface area contributed by atoms with Crippen LogP contribution in [-0.4, -0.2) is 24.2 Å². The number of benzene rings is 1. The zero-order valence-corrected chi connectivity index (χ0v) is 14.0. The highest BCUT2D eigenvalue weighted by Crippen LogP contribution is 2.26. The van der Waals surface area contributed by atoms with Gasteiger partial charge in [-0.2, -0.15) is 0 Å². The van der Waals surface area contributed by atoms with Crippen molar-refractivity contribution in [3.8, 4) is 0 Å². The molecule has 0 atom stereocenters. The number of aliphatic hydroxyl groups excluding tert-OH is 1. The van der Waals surface area contributed by atoms with E-state index in [0.29, 0.717) is 6.54 Å². The molecule has 0 aliphatic carbocycles. The Hall–Kier alpha value is -1.35. The lowest BCUT2D eigenvalue weighted by Gasteiger charge is -2.26. The zero-order chi connectivity index (χ0) is 16.1. The Bertz CT molecular complexity index is 472. The molecule has 0 saturated heterocycles. The molecule has 0 spiro atoms. The number of carbonyl (C=O) groups excluding carboxylic acids is 1. The van der Waals surface area contributed by atoms with Crippen LogP contribution in [0.3, 0.4) is 0 Å². The van der Waals surface area contributed by atoms with Crippen LogP contribution in [0.4, 0.5) is 0 Å². The fourth-order valence-electron chi connectivity index (χ4n) is 2.40. The Kier molecular flexibility index (Phi) is 5.97. The second-order valence-electron chi connectivity index (χ2n) is 7.47. The van der Waals surface area contributed by atoms with Crippen LogP contribution in [-0.2, 0) is 5.41 Å². The summed E-state index contributed by atoms with van der Waals surface area (Å²) in [7, 11) is 0. The van der Waals surface area contributed by atoms with E-state index in [1.54, 1.807) is 0 Å². The summed E-state index contributed by atoms with van der Waals surface area (Å²) in [6.45, 7) is 11.4. The molecular weight excluding hydrogens is 262 g/mol. The third kappa shape index (κ3) is 5.50. The third-order valence-electron chi connectivity index (χ3n) is 3.72. The number of rotatable bonds is 6. The maximum atomic E-state index is 12.5. The lowest BCUT2D eigenvalue weighted by atomic mass is 9.83. The quantitative estimate of drug-likeness (QED) is 0.842. The van der Waals surface area contributed by atoms with Crippen LogP contribution in [0.5, 0.6) is 0 Å². The van der Waals surface area contributed by atoms with Gasteiger partial charge in [0.25, 0.3) is 5.91 Å². The van der Waals surface area contributed by atoms with Gasteiger partial charge in [0.15, 0.2) is 0 Å². The first-order chi connectivity index (χ1) is 9.67. The van der Waals surface area contributed by atoms with Crippen LogP contribution in [0.1, 0.15) is 63.4 Å². The molecule has 118 valence electrons. The van der Waals surface area contributed by atoms with E-state index in [0.717, 1.165) is 24.0 Å². The van der Waals surface area contributed by atoms with Gasteiger partial charge in [-0.1, -0.05) is 52.8 Å². The molecule has 2 N–H and O–H groups in total. The predicted octanol–water partition coefficient (Wildman–Crippen LogP) is 3.51. The van der Waals surface area contributed by atoms with E-state index in [9.17, 15) is 4.79 Å². The molecule has 21 heavy (non-hydrogen) atoms. The Morgan fingerprint density at radius 3 is 2.33 bits per heavy atom. The Morgan fingerprint density at radius 1 is 1.14 bits per heavy atom. The summed E-state index contributed by atoms with van der Waals surface area (Å²) < 4.78 is 0. The van der Waals surface area contributed by atoms with Gasteiger partial charge in [-0.15, -0.1) is 0 Å². The molecule has 0 unspecified atom stereocenters. The maximum Gasteiger partial charge on any atom is 0.251 e. The van der Waals surface area contributed by atoms with Gasteiger partial charge >= 0.3 is 0 Å². The van der Waals surface area contributed by atoms with Crippen LogP contribution in [0.15, 0.2) is 24.3 Å². The van der Waals surface area contributed by atoms with Crippen LogP contribution < -0.4 is 5.32 Å². The summed E-state index contributed by atoms with van der Waals surface area (Å²) in [4.78, 5) is 12.5. The predicted molar refractivity (Wildman–Crippen MR) is 87.6 cm³/mol. The van der Waals surface area contributed by atoms with Gasteiger partial charge in [0.05, 0.1) is 0 Å². The molecule has 0 radical (unpaired) electrons. The topological polar surface area (TPSA) is 49.3 Å². The first-order valence-electron chi connectivity index (χ1n) is 7.66. The summed E-state index contributed by atoms with van der Waals surface area (Å²) in [6.07, 6.45) is 1.66. The van der Waals surface area contributed by atoms with Crippen LogP contribution in [0, 0.1) is 5.41 Å². The van der Waals surface area contributed by atoms with Crippen LogP contribution in [0.25, 0.3) is 0 Å². The lowest BCUT2D eigenvalue weighted by Crippen LogP contribution is -2.35. The largest absolute Gasteiger partial charge is 0.396 e. The Balaban J connectivity index is 2.77. The standard InChI is InChI=1S/C18H29NO2/c1-17(2,3)15-10-7-6-9-14(15)16(21)19-13-18(4,5)11-8-12-20/h6-7,9-10,20H,8,11-13H2,1-5H3,(H,19,21). The van der Waals surface area contributed by atoms with Crippen molar-refractivity contribution in [2.45, 2.75) is 52.9 Å². The van der Waals surface area contributed by atoms with E-state index in [1.807, 2.05) is 24.3 Å². The van der Waals surface area contributed by atoms with Crippen molar-refractivity contribution >= 4 is 5.91 Å². The van der Waals surface area contributed by atoms with Gasteiger partial charge < -0.3 is 10.4 Å². The normalized spacial score (nSPS) is 12.3. The van der Waals surface area contributed by atoms with E-state index in [2.05, 4.69) is 39.9 Å². The van der Waals surface area contributed by atoms with Crippen molar-refractivity contribution in [1.29, 1.82) is 0 Å². The van der Waals surface area contributed by atoms with E-state index >= 15 is 0 Å². The molecule has 0 heterocycles. The van der Waals surface area contributed by atoms with E-state index in [1.165, 1.54) is 0 Å². The van der Waals surface area contributed by atoms with Gasteiger partial charge in [-0.05, 0) is 35.3 Å². The zero-order valence-electron chi connectivity index (χ0n) is 14.0. The molecule has 1 aromatic rings. The van der Waals surface area contributed by atoms with Crippen LogP contribution >= 0.6 is 0 Å². The molecule has 1 rings (SSSR count). The fraction of sp³-hybridized carbons (Fsp3) is 0.611.